The van der Waals surface area contributed by atoms with Crippen LogP contribution in [0.5, 0.6) is 0 Å². The Labute approximate surface area is 431 Å². The molecule has 1 unspecified atom stereocenters. The third-order valence-electron chi connectivity index (χ3n) is 14.0. The number of aliphatic hydroxyl groups is 3. The largest absolute Gasteiger partial charge is 0.395 e. The normalized spacial score (nSPS) is 12.7. The Hall–Kier alpha value is -1.06. The van der Waals surface area contributed by atoms with Gasteiger partial charge in [0.05, 0.1) is 26.4 Å². The lowest BCUT2D eigenvalue weighted by Gasteiger charge is -2.22. The summed E-state index contributed by atoms with van der Waals surface area (Å²) in [5, 5.41) is 29.0. The molecule has 0 saturated carbocycles. The lowest BCUT2D eigenvalue weighted by molar-refractivity contribution is -0.105. The van der Waals surface area contributed by atoms with Crippen LogP contribution in [0.15, 0.2) is 36.5 Å². The molecule has 0 aliphatic heterocycles. The molecule has 7 heteroatoms. The summed E-state index contributed by atoms with van der Waals surface area (Å²) in [6.07, 6.45) is 67.3. The van der Waals surface area contributed by atoms with Crippen molar-refractivity contribution in [1.82, 2.24) is 9.80 Å². The fraction of sp³-hybridized carbons (Fsp3) is 0.903. The van der Waals surface area contributed by atoms with E-state index in [2.05, 4.69) is 60.1 Å². The van der Waals surface area contributed by atoms with E-state index in [9.17, 15) is 10.2 Å². The molecule has 0 amide bonds. The van der Waals surface area contributed by atoms with Gasteiger partial charge in [0.25, 0.3) is 0 Å². The van der Waals surface area contributed by atoms with Crippen LogP contribution < -0.4 is 0 Å². The molecule has 69 heavy (non-hydrogen) atoms. The van der Waals surface area contributed by atoms with Gasteiger partial charge in [-0.2, -0.15) is 0 Å². The van der Waals surface area contributed by atoms with Gasteiger partial charge in [-0.3, -0.25) is 0 Å². The molecule has 0 aromatic heterocycles. The van der Waals surface area contributed by atoms with E-state index in [-0.39, 0.29) is 13.2 Å². The summed E-state index contributed by atoms with van der Waals surface area (Å²) in [7, 11) is 0. The average molecular weight is 976 g/mol. The van der Waals surface area contributed by atoms with E-state index in [1.165, 1.54) is 244 Å². The SMILES string of the molecule is CCCCC/C=C\C/C=C\CCCCCCCCN(CCCCCCCCCC(O)OCCCCCCCCCCN(CCO)CCCCCCCC/C=C\CCCCCCCC)CCOCCO. The highest BCUT2D eigenvalue weighted by Gasteiger charge is 2.08. The molecule has 0 heterocycles. The maximum absolute atomic E-state index is 10.3. The Kier molecular flexibility index (Phi) is 60.3. The summed E-state index contributed by atoms with van der Waals surface area (Å²) in [6, 6.07) is 0. The van der Waals surface area contributed by atoms with Crippen LogP contribution in [-0.4, -0.2) is 104 Å². The highest BCUT2D eigenvalue weighted by Crippen LogP contribution is 2.15. The second-order valence-corrected chi connectivity index (χ2v) is 20.7. The Bertz CT molecular complexity index is 1020. The van der Waals surface area contributed by atoms with Crippen molar-refractivity contribution in [2.24, 2.45) is 0 Å². The predicted octanol–water partition coefficient (Wildman–Crippen LogP) is 17.0. The number of hydrogen-bond donors (Lipinski definition) is 3. The summed E-state index contributed by atoms with van der Waals surface area (Å²) in [5.41, 5.74) is 0. The van der Waals surface area contributed by atoms with Crippen molar-refractivity contribution in [3.8, 4) is 0 Å². The van der Waals surface area contributed by atoms with Crippen molar-refractivity contribution >= 4 is 0 Å². The van der Waals surface area contributed by atoms with Crippen LogP contribution in [0, 0.1) is 0 Å². The molecule has 1 atom stereocenters. The summed E-state index contributed by atoms with van der Waals surface area (Å²) >= 11 is 0. The number of allylic oxidation sites excluding steroid dienone is 6. The Morgan fingerprint density at radius 2 is 0.681 bits per heavy atom. The first kappa shape index (κ1) is 67.9. The molecule has 410 valence electrons. The number of hydrogen-bond acceptors (Lipinski definition) is 7. The molecule has 0 aliphatic rings. The summed E-state index contributed by atoms with van der Waals surface area (Å²) in [6.45, 7) is 13.1. The third kappa shape index (κ3) is 57.7. The molecule has 3 N–H and O–H groups in total. The van der Waals surface area contributed by atoms with Crippen molar-refractivity contribution in [2.75, 3.05) is 72.3 Å². The van der Waals surface area contributed by atoms with Gasteiger partial charge in [0.2, 0.25) is 0 Å². The molecule has 0 fully saturated rings. The number of ether oxygens (including phenoxy) is 2. The van der Waals surface area contributed by atoms with Crippen molar-refractivity contribution in [2.45, 2.75) is 290 Å². The zero-order valence-electron chi connectivity index (χ0n) is 46.6. The minimum Gasteiger partial charge on any atom is -0.395 e. The van der Waals surface area contributed by atoms with Crippen LogP contribution in [0.1, 0.15) is 284 Å². The van der Waals surface area contributed by atoms with Gasteiger partial charge in [-0.05, 0) is 129 Å². The molecule has 0 radical (unpaired) electrons. The second-order valence-electron chi connectivity index (χ2n) is 20.7. The standard InChI is InChI=1S/C62H122N2O5/c1-3-5-7-9-11-13-15-17-19-21-23-25-27-33-39-45-51-63(55-57-65)52-46-40-35-29-30-37-43-49-59-69-62(67)50-44-38-32-31-36-42-48-54-64(56-60-68-61-58-66)53-47-41-34-28-26-24-22-20-18-16-14-12-10-8-6-4-2/h12,14,17-20,62,65-67H,3-11,13,15-16,21-61H2,1-2H3/b14-12-,19-17-,20-18-. The molecule has 0 saturated heterocycles. The van der Waals surface area contributed by atoms with E-state index in [1.807, 2.05) is 0 Å². The van der Waals surface area contributed by atoms with E-state index in [0.29, 0.717) is 19.8 Å². The summed E-state index contributed by atoms with van der Waals surface area (Å²) < 4.78 is 11.3. The molecule has 0 rings (SSSR count). The van der Waals surface area contributed by atoms with Crippen molar-refractivity contribution in [3.05, 3.63) is 36.5 Å². The van der Waals surface area contributed by atoms with Crippen LogP contribution in [-0.2, 0) is 9.47 Å². The zero-order chi connectivity index (χ0) is 49.9. The van der Waals surface area contributed by atoms with Gasteiger partial charge < -0.3 is 34.6 Å². The maximum atomic E-state index is 10.3. The monoisotopic (exact) mass is 975 g/mol. The van der Waals surface area contributed by atoms with Gasteiger partial charge >= 0.3 is 0 Å². The minimum atomic E-state index is -0.602. The van der Waals surface area contributed by atoms with Gasteiger partial charge in [0.15, 0.2) is 6.29 Å². The first-order valence-corrected chi connectivity index (χ1v) is 30.7. The second kappa shape index (κ2) is 61.2. The quantitative estimate of drug-likeness (QED) is 0.0318. The minimum absolute atomic E-state index is 0.103. The number of aliphatic hydroxyl groups excluding tert-OH is 3. The van der Waals surface area contributed by atoms with Crippen molar-refractivity contribution in [3.63, 3.8) is 0 Å². The highest BCUT2D eigenvalue weighted by molar-refractivity contribution is 4.92. The number of rotatable bonds is 60. The van der Waals surface area contributed by atoms with Gasteiger partial charge in [-0.25, -0.2) is 0 Å². The maximum Gasteiger partial charge on any atom is 0.154 e. The molecule has 0 aliphatic carbocycles. The lowest BCUT2D eigenvalue weighted by Crippen LogP contribution is -2.30. The van der Waals surface area contributed by atoms with E-state index in [1.54, 1.807) is 0 Å². The summed E-state index contributed by atoms with van der Waals surface area (Å²) in [5.74, 6) is 0. The highest BCUT2D eigenvalue weighted by atomic mass is 16.6. The fourth-order valence-corrected chi connectivity index (χ4v) is 9.42. The molecule has 0 aromatic rings. The Morgan fingerprint density at radius 1 is 0.333 bits per heavy atom. The Balaban J connectivity index is 3.69. The van der Waals surface area contributed by atoms with Gasteiger partial charge in [-0.1, -0.05) is 217 Å². The average Bonchev–Trinajstić information content (AvgIpc) is 3.35. The van der Waals surface area contributed by atoms with Gasteiger partial charge in [0.1, 0.15) is 0 Å². The smallest absolute Gasteiger partial charge is 0.154 e. The van der Waals surface area contributed by atoms with Gasteiger partial charge in [-0.15, -0.1) is 0 Å². The van der Waals surface area contributed by atoms with Crippen LogP contribution in [0.3, 0.4) is 0 Å². The number of nitrogens with zero attached hydrogens (tertiary/aromatic N) is 2. The van der Waals surface area contributed by atoms with E-state index >= 15 is 0 Å². The van der Waals surface area contributed by atoms with Crippen molar-refractivity contribution < 1.29 is 24.8 Å². The topological polar surface area (TPSA) is 85.6 Å². The molecule has 0 bridgehead atoms. The zero-order valence-corrected chi connectivity index (χ0v) is 46.6. The molecule has 0 spiro atoms. The van der Waals surface area contributed by atoms with Crippen LogP contribution >= 0.6 is 0 Å². The van der Waals surface area contributed by atoms with Crippen LogP contribution in [0.2, 0.25) is 0 Å². The molecule has 7 nitrogen and oxygen atoms in total. The van der Waals surface area contributed by atoms with Crippen molar-refractivity contribution in [1.29, 1.82) is 0 Å². The van der Waals surface area contributed by atoms with Crippen LogP contribution in [0.25, 0.3) is 0 Å². The third-order valence-corrected chi connectivity index (χ3v) is 14.0. The lowest BCUT2D eigenvalue weighted by atomic mass is 10.1. The molecular formula is C62H122N2O5. The molecular weight excluding hydrogens is 853 g/mol. The first-order valence-electron chi connectivity index (χ1n) is 30.7. The molecule has 0 aromatic carbocycles. The fourth-order valence-electron chi connectivity index (χ4n) is 9.42. The Morgan fingerprint density at radius 3 is 1.12 bits per heavy atom. The van der Waals surface area contributed by atoms with E-state index < -0.39 is 6.29 Å². The predicted molar refractivity (Wildman–Crippen MR) is 303 cm³/mol. The van der Waals surface area contributed by atoms with Gasteiger partial charge in [0, 0.05) is 19.7 Å². The summed E-state index contributed by atoms with van der Waals surface area (Å²) in [4.78, 5) is 5.07. The number of unbranched alkanes of at least 4 members (excludes halogenated alkanes) is 34. The van der Waals surface area contributed by atoms with Crippen LogP contribution in [0.4, 0.5) is 0 Å². The van der Waals surface area contributed by atoms with E-state index in [4.69, 9.17) is 14.6 Å². The van der Waals surface area contributed by atoms with E-state index in [0.717, 1.165) is 65.0 Å². The first-order chi connectivity index (χ1) is 34.2.